The van der Waals surface area contributed by atoms with Crippen LogP contribution in [0.3, 0.4) is 0 Å². The Kier molecular flexibility index (Phi) is 2.85. The van der Waals surface area contributed by atoms with E-state index in [0.29, 0.717) is 0 Å². The number of nitrogens with zero attached hydrogens (tertiary/aromatic N) is 3. The van der Waals surface area contributed by atoms with Crippen molar-refractivity contribution in [1.82, 2.24) is 15.2 Å². The Bertz CT molecular complexity index is 395. The van der Waals surface area contributed by atoms with Gasteiger partial charge in [0.2, 0.25) is 0 Å². The van der Waals surface area contributed by atoms with E-state index in [1.807, 2.05) is 12.3 Å². The molecule has 0 spiro atoms. The minimum absolute atomic E-state index is 0.000106. The molecular formula is C8H10N4S2. The molecule has 6 heteroatoms. The largest absolute Gasteiger partial charge is 0.322 e. The molecule has 2 rings (SSSR count). The van der Waals surface area contributed by atoms with Gasteiger partial charge in [0.05, 0.1) is 11.6 Å². The highest BCUT2D eigenvalue weighted by Crippen LogP contribution is 2.26. The monoisotopic (exact) mass is 226 g/mol. The van der Waals surface area contributed by atoms with Crippen molar-refractivity contribution in [2.24, 2.45) is 5.73 Å². The van der Waals surface area contributed by atoms with Gasteiger partial charge in [-0.2, -0.15) is 0 Å². The first kappa shape index (κ1) is 9.70. The van der Waals surface area contributed by atoms with Gasteiger partial charge >= 0.3 is 0 Å². The molecular weight excluding hydrogens is 216 g/mol. The Hall–Kier alpha value is -0.850. The van der Waals surface area contributed by atoms with Crippen molar-refractivity contribution in [3.05, 3.63) is 15.9 Å². The van der Waals surface area contributed by atoms with E-state index in [1.165, 1.54) is 11.3 Å². The van der Waals surface area contributed by atoms with E-state index in [2.05, 4.69) is 15.2 Å². The van der Waals surface area contributed by atoms with Crippen molar-refractivity contribution < 1.29 is 0 Å². The van der Waals surface area contributed by atoms with Crippen LogP contribution in [0.15, 0.2) is 10.9 Å². The second kappa shape index (κ2) is 4.12. The topological polar surface area (TPSA) is 64.7 Å². The van der Waals surface area contributed by atoms with Crippen LogP contribution < -0.4 is 5.73 Å². The van der Waals surface area contributed by atoms with Gasteiger partial charge in [-0.05, 0) is 6.42 Å². The number of nitrogens with two attached hydrogens (primary N) is 1. The summed E-state index contributed by atoms with van der Waals surface area (Å²) in [5, 5.41) is 11.8. The zero-order chi connectivity index (χ0) is 9.97. The molecule has 1 atom stereocenters. The second-order valence-corrected chi connectivity index (χ2v) is 4.56. The van der Waals surface area contributed by atoms with Gasteiger partial charge in [0.15, 0.2) is 5.01 Å². The van der Waals surface area contributed by atoms with E-state index in [4.69, 9.17) is 5.73 Å². The van der Waals surface area contributed by atoms with Crippen molar-refractivity contribution in [2.75, 3.05) is 0 Å². The van der Waals surface area contributed by atoms with Crippen LogP contribution >= 0.6 is 22.7 Å². The van der Waals surface area contributed by atoms with Crippen LogP contribution in [0, 0.1) is 0 Å². The van der Waals surface area contributed by atoms with Gasteiger partial charge in [0.1, 0.15) is 10.7 Å². The summed E-state index contributed by atoms with van der Waals surface area (Å²) in [5.41, 5.74) is 8.53. The van der Waals surface area contributed by atoms with Gasteiger partial charge in [-0.3, -0.25) is 0 Å². The lowest BCUT2D eigenvalue weighted by Gasteiger charge is -2.00. The second-order valence-electron chi connectivity index (χ2n) is 2.83. The summed E-state index contributed by atoms with van der Waals surface area (Å²) in [4.78, 5) is 4.17. The molecule has 0 aliphatic carbocycles. The Labute approximate surface area is 89.8 Å². The highest BCUT2D eigenvalue weighted by molar-refractivity contribution is 7.15. The van der Waals surface area contributed by atoms with E-state index < -0.39 is 0 Å². The summed E-state index contributed by atoms with van der Waals surface area (Å²) < 4.78 is 0. The summed E-state index contributed by atoms with van der Waals surface area (Å²) in [6.07, 6.45) is 0.881. The van der Waals surface area contributed by atoms with Crippen molar-refractivity contribution in [2.45, 2.75) is 19.4 Å². The Morgan fingerprint density at radius 3 is 3.00 bits per heavy atom. The summed E-state index contributed by atoms with van der Waals surface area (Å²) in [5.74, 6) is 0. The van der Waals surface area contributed by atoms with Crippen LogP contribution in [0.4, 0.5) is 0 Å². The van der Waals surface area contributed by atoms with Gasteiger partial charge in [0, 0.05) is 5.38 Å². The van der Waals surface area contributed by atoms with Crippen molar-refractivity contribution in [3.63, 3.8) is 0 Å². The molecule has 1 unspecified atom stereocenters. The predicted octanol–water partition coefficient (Wildman–Crippen LogP) is 2.07. The van der Waals surface area contributed by atoms with E-state index >= 15 is 0 Å². The lowest BCUT2D eigenvalue weighted by atomic mass is 10.3. The van der Waals surface area contributed by atoms with Crippen LogP contribution in [0.1, 0.15) is 24.4 Å². The third kappa shape index (κ3) is 1.82. The summed E-state index contributed by atoms with van der Waals surface area (Å²) in [7, 11) is 0. The minimum atomic E-state index is -0.000106. The lowest BCUT2D eigenvalue weighted by Crippen LogP contribution is -2.07. The number of hydrogen-bond donors (Lipinski definition) is 1. The molecule has 4 nitrogen and oxygen atoms in total. The molecule has 0 aliphatic heterocycles. The normalized spacial score (nSPS) is 13.0. The Morgan fingerprint density at radius 2 is 2.36 bits per heavy atom. The number of rotatable bonds is 3. The van der Waals surface area contributed by atoms with Crippen molar-refractivity contribution in [3.8, 4) is 10.7 Å². The third-order valence-corrected chi connectivity index (χ3v) is 3.51. The summed E-state index contributed by atoms with van der Waals surface area (Å²) in [6, 6.07) is -0.000106. The molecule has 2 heterocycles. The molecule has 2 aromatic rings. The third-order valence-electron chi connectivity index (χ3n) is 1.85. The molecule has 0 saturated heterocycles. The quantitative estimate of drug-likeness (QED) is 0.870. The van der Waals surface area contributed by atoms with Gasteiger partial charge in [-0.25, -0.2) is 4.98 Å². The fraction of sp³-hybridized carbons (Fsp3) is 0.375. The number of hydrogen-bond acceptors (Lipinski definition) is 6. The molecule has 0 aliphatic rings. The maximum atomic E-state index is 5.85. The van der Waals surface area contributed by atoms with E-state index in [9.17, 15) is 0 Å². The molecule has 74 valence electrons. The fourth-order valence-corrected chi connectivity index (χ4v) is 2.49. The van der Waals surface area contributed by atoms with Crippen LogP contribution in [-0.2, 0) is 0 Å². The van der Waals surface area contributed by atoms with Crippen LogP contribution in [-0.4, -0.2) is 15.2 Å². The van der Waals surface area contributed by atoms with Crippen LogP contribution in [0.2, 0.25) is 0 Å². The molecule has 0 radical (unpaired) electrons. The first-order valence-electron chi connectivity index (χ1n) is 4.28. The Balaban J connectivity index is 2.26. The zero-order valence-electron chi connectivity index (χ0n) is 7.67. The zero-order valence-corrected chi connectivity index (χ0v) is 9.31. The molecule has 2 N–H and O–H groups in total. The molecule has 0 aromatic carbocycles. The lowest BCUT2D eigenvalue weighted by molar-refractivity contribution is 0.683. The number of aromatic nitrogens is 3. The maximum Gasteiger partial charge on any atom is 0.167 e. The highest BCUT2D eigenvalue weighted by Gasteiger charge is 2.12. The first-order valence-corrected chi connectivity index (χ1v) is 6.04. The van der Waals surface area contributed by atoms with E-state index in [0.717, 1.165) is 22.1 Å². The minimum Gasteiger partial charge on any atom is -0.322 e. The van der Waals surface area contributed by atoms with Gasteiger partial charge in [-0.1, -0.05) is 18.3 Å². The molecule has 2 aromatic heterocycles. The average Bonchev–Trinajstić information content (AvgIpc) is 2.86. The summed E-state index contributed by atoms with van der Waals surface area (Å²) in [6.45, 7) is 2.04. The van der Waals surface area contributed by atoms with E-state index in [-0.39, 0.29) is 6.04 Å². The fourth-order valence-electron chi connectivity index (χ4n) is 0.981. The maximum absolute atomic E-state index is 5.85. The van der Waals surface area contributed by atoms with Crippen molar-refractivity contribution in [1.29, 1.82) is 0 Å². The molecule has 0 fully saturated rings. The van der Waals surface area contributed by atoms with Crippen LogP contribution in [0.5, 0.6) is 0 Å². The van der Waals surface area contributed by atoms with Crippen molar-refractivity contribution >= 4 is 22.7 Å². The smallest absolute Gasteiger partial charge is 0.167 e. The standard InChI is InChI=1S/C8H10N4S2/c1-2-5(9)7-11-12-8(14-7)6-3-13-4-10-6/h3-5H,2,9H2,1H3. The SMILES string of the molecule is CCC(N)c1nnc(-c2cscn2)s1. The highest BCUT2D eigenvalue weighted by atomic mass is 32.1. The molecule has 0 saturated carbocycles. The van der Waals surface area contributed by atoms with Gasteiger partial charge < -0.3 is 5.73 Å². The molecule has 0 amide bonds. The predicted molar refractivity (Wildman–Crippen MR) is 58.2 cm³/mol. The van der Waals surface area contributed by atoms with Crippen LogP contribution in [0.25, 0.3) is 10.7 Å². The molecule has 14 heavy (non-hydrogen) atoms. The first-order chi connectivity index (χ1) is 6.81. The van der Waals surface area contributed by atoms with Gasteiger partial charge in [0.25, 0.3) is 0 Å². The summed E-state index contributed by atoms with van der Waals surface area (Å²) >= 11 is 3.07. The number of thiazole rings is 1. The Morgan fingerprint density at radius 1 is 1.50 bits per heavy atom. The van der Waals surface area contributed by atoms with E-state index in [1.54, 1.807) is 16.8 Å². The molecule has 0 bridgehead atoms. The van der Waals surface area contributed by atoms with Gasteiger partial charge in [-0.15, -0.1) is 21.5 Å². The average molecular weight is 226 g/mol.